The van der Waals surface area contributed by atoms with E-state index in [1.165, 1.54) is 0 Å². The van der Waals surface area contributed by atoms with Crippen molar-refractivity contribution in [2.45, 2.75) is 38.1 Å². The molecule has 5 nitrogen and oxygen atoms in total. The highest BCUT2D eigenvalue weighted by Crippen LogP contribution is 2.29. The zero-order valence-electron chi connectivity index (χ0n) is 16.1. The van der Waals surface area contributed by atoms with Gasteiger partial charge in [-0.1, -0.05) is 29.8 Å². The normalized spacial score (nSPS) is 16.7. The number of aromatic nitrogens is 2. The van der Waals surface area contributed by atoms with Crippen molar-refractivity contribution in [1.82, 2.24) is 13.9 Å². The fourth-order valence-electron chi connectivity index (χ4n) is 4.01. The van der Waals surface area contributed by atoms with Gasteiger partial charge in [0, 0.05) is 24.7 Å². The summed E-state index contributed by atoms with van der Waals surface area (Å²) in [7, 11) is -3.51. The van der Waals surface area contributed by atoms with Crippen LogP contribution in [0.25, 0.3) is 11.0 Å². The van der Waals surface area contributed by atoms with Gasteiger partial charge in [-0.15, -0.1) is 0 Å². The lowest BCUT2D eigenvalue weighted by atomic mass is 9.98. The van der Waals surface area contributed by atoms with E-state index in [4.69, 9.17) is 11.6 Å². The van der Waals surface area contributed by atoms with E-state index in [1.807, 2.05) is 32.0 Å². The van der Waals surface area contributed by atoms with E-state index in [1.54, 1.807) is 22.5 Å². The molecule has 0 aliphatic carbocycles. The first-order valence-corrected chi connectivity index (χ1v) is 11.4. The molecule has 1 aromatic heterocycles. The average Bonchev–Trinajstić information content (AvgIpc) is 2.99. The van der Waals surface area contributed by atoms with Gasteiger partial charge in [0.25, 0.3) is 0 Å². The Balaban J connectivity index is 1.49. The highest BCUT2D eigenvalue weighted by atomic mass is 35.5. The number of benzene rings is 2. The fourth-order valence-corrected chi connectivity index (χ4v) is 5.97. The molecule has 0 radical (unpaired) electrons. The lowest BCUT2D eigenvalue weighted by molar-refractivity contribution is 0.253. The minimum absolute atomic E-state index is 0.315. The standard InChI is InChI=1S/C21H24ClN3O2S/c1-15-7-8-18(22)13-21(15)28(26,27)24-11-9-17(10-12-24)14-25-16(2)23-19-5-3-4-6-20(19)25/h3-8,13,17H,9-12,14H2,1-2H3. The SMILES string of the molecule is Cc1ccc(Cl)cc1S(=O)(=O)N1CCC(Cn2c(C)nc3ccccc32)CC1. The third-order valence-corrected chi connectivity index (χ3v) is 7.90. The molecule has 4 rings (SSSR count). The maximum absolute atomic E-state index is 13.1. The third-order valence-electron chi connectivity index (χ3n) is 5.63. The van der Waals surface area contributed by atoms with Gasteiger partial charge in [0.2, 0.25) is 10.0 Å². The van der Waals surface area contributed by atoms with Crippen molar-refractivity contribution in [3.8, 4) is 0 Å². The van der Waals surface area contributed by atoms with Gasteiger partial charge in [0.15, 0.2) is 0 Å². The zero-order valence-corrected chi connectivity index (χ0v) is 17.7. The molecule has 2 aromatic carbocycles. The third kappa shape index (κ3) is 3.56. The van der Waals surface area contributed by atoms with Crippen molar-refractivity contribution >= 4 is 32.7 Å². The number of piperidine rings is 1. The van der Waals surface area contributed by atoms with E-state index in [2.05, 4.69) is 15.6 Å². The van der Waals surface area contributed by atoms with E-state index in [9.17, 15) is 8.42 Å². The number of imidazole rings is 1. The van der Waals surface area contributed by atoms with Crippen molar-refractivity contribution in [3.63, 3.8) is 0 Å². The van der Waals surface area contributed by atoms with Gasteiger partial charge in [0.1, 0.15) is 5.82 Å². The van der Waals surface area contributed by atoms with Crippen LogP contribution in [0.2, 0.25) is 5.02 Å². The molecule has 0 unspecified atom stereocenters. The predicted molar refractivity (Wildman–Crippen MR) is 112 cm³/mol. The molecule has 7 heteroatoms. The van der Waals surface area contributed by atoms with Gasteiger partial charge in [-0.2, -0.15) is 4.31 Å². The molecule has 148 valence electrons. The maximum atomic E-state index is 13.1. The summed E-state index contributed by atoms with van der Waals surface area (Å²) in [5.74, 6) is 1.44. The van der Waals surface area contributed by atoms with Gasteiger partial charge < -0.3 is 4.57 Å². The Labute approximate surface area is 171 Å². The lowest BCUT2D eigenvalue weighted by Gasteiger charge is -2.32. The summed E-state index contributed by atoms with van der Waals surface area (Å²) in [5.41, 5.74) is 2.88. The highest BCUT2D eigenvalue weighted by molar-refractivity contribution is 7.89. The van der Waals surface area contributed by atoms with Crippen LogP contribution in [0.5, 0.6) is 0 Å². The van der Waals surface area contributed by atoms with E-state index in [0.717, 1.165) is 41.8 Å². The first kappa shape index (κ1) is 19.4. The van der Waals surface area contributed by atoms with Gasteiger partial charge in [-0.05, 0) is 62.4 Å². The Morgan fingerprint density at radius 3 is 2.57 bits per heavy atom. The number of fused-ring (bicyclic) bond motifs is 1. The number of hydrogen-bond donors (Lipinski definition) is 0. The molecule has 2 heterocycles. The minimum Gasteiger partial charge on any atom is -0.328 e. The van der Waals surface area contributed by atoms with E-state index in [-0.39, 0.29) is 0 Å². The van der Waals surface area contributed by atoms with Crippen LogP contribution in [0.4, 0.5) is 0 Å². The van der Waals surface area contributed by atoms with Crippen LogP contribution in [0.1, 0.15) is 24.2 Å². The Kier molecular flexibility index (Phi) is 5.21. The molecule has 3 aromatic rings. The first-order valence-electron chi connectivity index (χ1n) is 9.54. The van der Waals surface area contributed by atoms with Crippen molar-refractivity contribution in [1.29, 1.82) is 0 Å². The average molecular weight is 418 g/mol. The van der Waals surface area contributed by atoms with Gasteiger partial charge in [-0.25, -0.2) is 13.4 Å². The molecule has 1 fully saturated rings. The van der Waals surface area contributed by atoms with E-state index < -0.39 is 10.0 Å². The van der Waals surface area contributed by atoms with Crippen LogP contribution in [0, 0.1) is 19.8 Å². The quantitative estimate of drug-likeness (QED) is 0.631. The Morgan fingerprint density at radius 2 is 1.82 bits per heavy atom. The van der Waals surface area contributed by atoms with Crippen LogP contribution < -0.4 is 0 Å². The molecule has 0 amide bonds. The second kappa shape index (κ2) is 7.50. The summed E-state index contributed by atoms with van der Waals surface area (Å²) in [4.78, 5) is 4.95. The largest absolute Gasteiger partial charge is 0.328 e. The molecule has 0 atom stereocenters. The zero-order chi connectivity index (χ0) is 19.9. The number of aryl methyl sites for hydroxylation is 2. The number of sulfonamides is 1. The summed E-state index contributed by atoms with van der Waals surface area (Å²) in [5, 5.41) is 0.446. The molecular formula is C21H24ClN3O2S. The van der Waals surface area contributed by atoms with E-state index in [0.29, 0.717) is 28.9 Å². The predicted octanol–water partition coefficient (Wildman–Crippen LogP) is 4.41. The first-order chi connectivity index (χ1) is 13.4. The van der Waals surface area contributed by atoms with Gasteiger partial charge >= 0.3 is 0 Å². The minimum atomic E-state index is -3.51. The Morgan fingerprint density at radius 1 is 1.11 bits per heavy atom. The van der Waals surface area contributed by atoms with Crippen LogP contribution in [0.3, 0.4) is 0 Å². The van der Waals surface area contributed by atoms with Crippen molar-refractivity contribution in [2.24, 2.45) is 5.92 Å². The van der Waals surface area contributed by atoms with Crippen LogP contribution in [0.15, 0.2) is 47.4 Å². The molecule has 0 bridgehead atoms. The molecular weight excluding hydrogens is 394 g/mol. The smallest absolute Gasteiger partial charge is 0.243 e. The van der Waals surface area contributed by atoms with Gasteiger partial charge in [0.05, 0.1) is 15.9 Å². The molecule has 1 aliphatic rings. The molecule has 1 saturated heterocycles. The maximum Gasteiger partial charge on any atom is 0.243 e. The number of hydrogen-bond acceptors (Lipinski definition) is 3. The lowest BCUT2D eigenvalue weighted by Crippen LogP contribution is -2.39. The Hall–Kier alpha value is -1.89. The summed E-state index contributed by atoms with van der Waals surface area (Å²) in [6.07, 6.45) is 1.68. The summed E-state index contributed by atoms with van der Waals surface area (Å²) >= 11 is 6.04. The molecule has 0 N–H and O–H groups in total. The fraction of sp³-hybridized carbons (Fsp3) is 0.381. The van der Waals surface area contributed by atoms with Crippen LogP contribution in [-0.2, 0) is 16.6 Å². The van der Waals surface area contributed by atoms with Crippen molar-refractivity contribution < 1.29 is 8.42 Å². The Bertz CT molecular complexity index is 1120. The van der Waals surface area contributed by atoms with Crippen molar-refractivity contribution in [2.75, 3.05) is 13.1 Å². The number of halogens is 1. The molecule has 0 saturated carbocycles. The second-order valence-electron chi connectivity index (χ2n) is 7.52. The topological polar surface area (TPSA) is 55.2 Å². The number of nitrogens with zero attached hydrogens (tertiary/aromatic N) is 3. The monoisotopic (exact) mass is 417 g/mol. The molecule has 28 heavy (non-hydrogen) atoms. The number of rotatable bonds is 4. The van der Waals surface area contributed by atoms with Crippen LogP contribution in [-0.4, -0.2) is 35.4 Å². The van der Waals surface area contributed by atoms with Crippen LogP contribution >= 0.6 is 11.6 Å². The van der Waals surface area contributed by atoms with E-state index >= 15 is 0 Å². The summed E-state index contributed by atoms with van der Waals surface area (Å²) < 4.78 is 30.0. The molecule has 1 aliphatic heterocycles. The molecule has 0 spiro atoms. The summed E-state index contributed by atoms with van der Waals surface area (Å²) in [6, 6.07) is 13.2. The van der Waals surface area contributed by atoms with Crippen molar-refractivity contribution in [3.05, 3.63) is 58.9 Å². The second-order valence-corrected chi connectivity index (χ2v) is 9.86. The highest BCUT2D eigenvalue weighted by Gasteiger charge is 2.31. The van der Waals surface area contributed by atoms with Gasteiger partial charge in [-0.3, -0.25) is 0 Å². The summed E-state index contributed by atoms with van der Waals surface area (Å²) in [6.45, 7) is 5.77. The number of para-hydroxylation sites is 2.